The fourth-order valence-corrected chi connectivity index (χ4v) is 2.40. The van der Waals surface area contributed by atoms with Gasteiger partial charge in [0.15, 0.2) is 11.6 Å². The van der Waals surface area contributed by atoms with Crippen LogP contribution in [0.2, 0.25) is 5.02 Å². The summed E-state index contributed by atoms with van der Waals surface area (Å²) in [5.41, 5.74) is 2.52. The third-order valence-corrected chi connectivity index (χ3v) is 3.36. The van der Waals surface area contributed by atoms with Gasteiger partial charge in [-0.3, -0.25) is 0 Å². The van der Waals surface area contributed by atoms with Crippen LogP contribution in [0.3, 0.4) is 0 Å². The molecule has 19 heavy (non-hydrogen) atoms. The van der Waals surface area contributed by atoms with E-state index in [-0.39, 0.29) is 6.04 Å². The van der Waals surface area contributed by atoms with Crippen LogP contribution in [0.5, 0.6) is 0 Å². The third kappa shape index (κ3) is 2.94. The lowest BCUT2D eigenvalue weighted by Crippen LogP contribution is -2.18. The van der Waals surface area contributed by atoms with E-state index in [9.17, 15) is 8.78 Å². The minimum Gasteiger partial charge on any atom is -0.309 e. The number of aryl methyl sites for hydroxylation is 1. The van der Waals surface area contributed by atoms with E-state index >= 15 is 0 Å². The van der Waals surface area contributed by atoms with Crippen molar-refractivity contribution in [3.8, 4) is 0 Å². The molecule has 2 rings (SSSR count). The van der Waals surface area contributed by atoms with Gasteiger partial charge in [0.2, 0.25) is 0 Å². The van der Waals surface area contributed by atoms with Gasteiger partial charge in [-0.05, 0) is 48.9 Å². The van der Waals surface area contributed by atoms with Gasteiger partial charge in [-0.15, -0.1) is 0 Å². The van der Waals surface area contributed by atoms with Crippen LogP contribution >= 0.6 is 11.6 Å². The summed E-state index contributed by atoms with van der Waals surface area (Å²) in [7, 11) is 1.75. The van der Waals surface area contributed by atoms with Crippen LogP contribution in [-0.2, 0) is 0 Å². The van der Waals surface area contributed by atoms with Crippen LogP contribution in [0.4, 0.5) is 8.78 Å². The molecule has 100 valence electrons. The van der Waals surface area contributed by atoms with E-state index in [1.165, 1.54) is 6.07 Å². The molecule has 1 atom stereocenters. The van der Waals surface area contributed by atoms with Crippen molar-refractivity contribution < 1.29 is 8.78 Å². The van der Waals surface area contributed by atoms with Crippen molar-refractivity contribution in [2.45, 2.75) is 13.0 Å². The molecule has 0 amide bonds. The average molecular weight is 282 g/mol. The summed E-state index contributed by atoms with van der Waals surface area (Å²) in [5, 5.41) is 3.67. The predicted molar refractivity (Wildman–Crippen MR) is 73.4 cm³/mol. The summed E-state index contributed by atoms with van der Waals surface area (Å²) in [5.74, 6) is -1.71. The van der Waals surface area contributed by atoms with Gasteiger partial charge in [0, 0.05) is 5.02 Å². The monoisotopic (exact) mass is 281 g/mol. The quantitative estimate of drug-likeness (QED) is 0.887. The van der Waals surface area contributed by atoms with Crippen molar-refractivity contribution in [2.24, 2.45) is 0 Å². The van der Waals surface area contributed by atoms with Crippen molar-refractivity contribution >= 4 is 11.6 Å². The molecule has 2 aromatic rings. The van der Waals surface area contributed by atoms with Crippen LogP contribution in [0.1, 0.15) is 22.7 Å². The van der Waals surface area contributed by atoms with E-state index in [0.29, 0.717) is 10.6 Å². The van der Waals surface area contributed by atoms with Crippen molar-refractivity contribution in [1.82, 2.24) is 5.32 Å². The Kier molecular flexibility index (Phi) is 4.17. The molecule has 0 aliphatic carbocycles. The molecule has 0 heterocycles. The maximum Gasteiger partial charge on any atom is 0.159 e. The van der Waals surface area contributed by atoms with Gasteiger partial charge in [0.25, 0.3) is 0 Å². The third-order valence-electron chi connectivity index (χ3n) is 3.03. The highest BCUT2D eigenvalue weighted by Gasteiger charge is 2.16. The second-order valence-electron chi connectivity index (χ2n) is 4.42. The fourth-order valence-electron chi connectivity index (χ4n) is 2.06. The second kappa shape index (κ2) is 5.68. The summed E-state index contributed by atoms with van der Waals surface area (Å²) in [6.45, 7) is 1.95. The molecule has 1 nitrogen and oxygen atoms in total. The first kappa shape index (κ1) is 14.0. The maximum absolute atomic E-state index is 13.3. The molecule has 0 aliphatic rings. The van der Waals surface area contributed by atoms with Gasteiger partial charge in [-0.25, -0.2) is 8.78 Å². The summed E-state index contributed by atoms with van der Waals surface area (Å²) < 4.78 is 26.3. The largest absolute Gasteiger partial charge is 0.309 e. The van der Waals surface area contributed by atoms with Gasteiger partial charge in [-0.1, -0.05) is 29.8 Å². The smallest absolute Gasteiger partial charge is 0.159 e. The van der Waals surface area contributed by atoms with Crippen LogP contribution < -0.4 is 5.32 Å². The molecule has 0 saturated heterocycles. The molecule has 0 saturated carbocycles. The lowest BCUT2D eigenvalue weighted by Gasteiger charge is -2.19. The molecule has 0 aliphatic heterocycles. The minimum absolute atomic E-state index is 0.275. The highest BCUT2D eigenvalue weighted by Crippen LogP contribution is 2.29. The van der Waals surface area contributed by atoms with Crippen molar-refractivity contribution in [2.75, 3.05) is 7.05 Å². The van der Waals surface area contributed by atoms with Gasteiger partial charge < -0.3 is 5.32 Å². The standard InChI is InChI=1S/C15H14ClF2N/c1-9-3-5-11(12(16)7-9)15(19-2)10-4-6-13(17)14(18)8-10/h3-8,15,19H,1-2H3. The fraction of sp³-hybridized carbons (Fsp3) is 0.200. The lowest BCUT2D eigenvalue weighted by molar-refractivity contribution is 0.505. The SMILES string of the molecule is CNC(c1ccc(F)c(F)c1)c1ccc(C)cc1Cl. The lowest BCUT2D eigenvalue weighted by atomic mass is 9.97. The normalized spacial score (nSPS) is 12.5. The van der Waals surface area contributed by atoms with Gasteiger partial charge >= 0.3 is 0 Å². The van der Waals surface area contributed by atoms with E-state index in [0.717, 1.165) is 17.2 Å². The molecule has 0 bridgehead atoms. The molecule has 0 fully saturated rings. The molecule has 1 unspecified atom stereocenters. The molecule has 0 aromatic heterocycles. The molecular formula is C15H14ClF2N. The Morgan fingerprint density at radius 2 is 1.79 bits per heavy atom. The zero-order valence-electron chi connectivity index (χ0n) is 10.7. The zero-order valence-corrected chi connectivity index (χ0v) is 11.4. The van der Waals surface area contributed by atoms with Crippen molar-refractivity contribution in [3.05, 3.63) is 69.7 Å². The number of benzene rings is 2. The first-order chi connectivity index (χ1) is 9.02. The summed E-state index contributed by atoms with van der Waals surface area (Å²) >= 11 is 6.22. The highest BCUT2D eigenvalue weighted by molar-refractivity contribution is 6.31. The Bertz CT molecular complexity index is 599. The van der Waals surface area contributed by atoms with Crippen LogP contribution in [0.15, 0.2) is 36.4 Å². The summed E-state index contributed by atoms with van der Waals surface area (Å²) in [6, 6.07) is 9.26. The van der Waals surface area contributed by atoms with Gasteiger partial charge in [0.05, 0.1) is 6.04 Å². The predicted octanol–water partition coefficient (Wildman–Crippen LogP) is 4.24. The van der Waals surface area contributed by atoms with Crippen molar-refractivity contribution in [3.63, 3.8) is 0 Å². The Balaban J connectivity index is 2.46. The van der Waals surface area contributed by atoms with Crippen LogP contribution in [0, 0.1) is 18.6 Å². The number of hydrogen-bond donors (Lipinski definition) is 1. The van der Waals surface area contributed by atoms with Gasteiger partial charge in [-0.2, -0.15) is 0 Å². The average Bonchev–Trinajstić information content (AvgIpc) is 2.37. The maximum atomic E-state index is 13.3. The second-order valence-corrected chi connectivity index (χ2v) is 4.83. The number of hydrogen-bond acceptors (Lipinski definition) is 1. The number of halogens is 3. The van der Waals surface area contributed by atoms with E-state index in [1.54, 1.807) is 13.1 Å². The number of nitrogens with one attached hydrogen (secondary N) is 1. The zero-order chi connectivity index (χ0) is 14.0. The number of rotatable bonds is 3. The van der Waals surface area contributed by atoms with E-state index in [2.05, 4.69) is 5.32 Å². The molecule has 1 N–H and O–H groups in total. The Morgan fingerprint density at radius 1 is 1.05 bits per heavy atom. The van der Waals surface area contributed by atoms with Crippen LogP contribution in [0.25, 0.3) is 0 Å². The van der Waals surface area contributed by atoms with E-state index < -0.39 is 11.6 Å². The Hall–Kier alpha value is -1.45. The Labute approximate surface area is 116 Å². The first-order valence-electron chi connectivity index (χ1n) is 5.91. The Morgan fingerprint density at radius 3 is 2.37 bits per heavy atom. The summed E-state index contributed by atoms with van der Waals surface area (Å²) in [6.07, 6.45) is 0. The van der Waals surface area contributed by atoms with E-state index in [1.807, 2.05) is 25.1 Å². The molecular weight excluding hydrogens is 268 g/mol. The van der Waals surface area contributed by atoms with Crippen LogP contribution in [-0.4, -0.2) is 7.05 Å². The molecule has 0 spiro atoms. The molecule has 4 heteroatoms. The van der Waals surface area contributed by atoms with Crippen molar-refractivity contribution in [1.29, 1.82) is 0 Å². The van der Waals surface area contributed by atoms with E-state index in [4.69, 9.17) is 11.6 Å². The topological polar surface area (TPSA) is 12.0 Å². The minimum atomic E-state index is -0.860. The highest BCUT2D eigenvalue weighted by atomic mass is 35.5. The molecule has 0 radical (unpaired) electrons. The molecule has 2 aromatic carbocycles. The first-order valence-corrected chi connectivity index (χ1v) is 6.29. The summed E-state index contributed by atoms with van der Waals surface area (Å²) in [4.78, 5) is 0. The van der Waals surface area contributed by atoms with Gasteiger partial charge in [0.1, 0.15) is 0 Å².